The number of nitrogens with zero attached hydrogens (tertiary/aromatic N) is 2. The lowest BCUT2D eigenvalue weighted by Gasteiger charge is -2.32. The van der Waals surface area contributed by atoms with Gasteiger partial charge in [0.2, 0.25) is 0 Å². The van der Waals surface area contributed by atoms with Crippen molar-refractivity contribution < 1.29 is 19.1 Å². The van der Waals surface area contributed by atoms with E-state index in [1.165, 1.54) is 4.90 Å². The monoisotopic (exact) mass is 422 g/mol. The molecule has 6 nitrogen and oxygen atoms in total. The summed E-state index contributed by atoms with van der Waals surface area (Å²) in [5.41, 5.74) is 1.59. The average molecular weight is 423 g/mol. The van der Waals surface area contributed by atoms with Crippen LogP contribution in [0.15, 0.2) is 34.9 Å². The maximum atomic E-state index is 13.3. The summed E-state index contributed by atoms with van der Waals surface area (Å²) in [6, 6.07) is 7.37. The molecular formula is C25H30N2O4. The number of hydrogen-bond donors (Lipinski definition) is 0. The number of unbranched alkanes of at least 4 members (excludes halogenated alkanes) is 2. The first-order chi connectivity index (χ1) is 15.0. The predicted octanol–water partition coefficient (Wildman–Crippen LogP) is 4.80. The molecule has 2 amide bonds. The number of imide groups is 1. The lowest BCUT2D eigenvalue weighted by molar-refractivity contribution is -0.143. The van der Waals surface area contributed by atoms with Gasteiger partial charge in [-0.15, -0.1) is 0 Å². The number of hydrogen-bond acceptors (Lipinski definition) is 5. The number of nitriles is 1. The highest BCUT2D eigenvalue weighted by Gasteiger charge is 2.40. The number of methoxy groups -OCH3 is 1. The first kappa shape index (κ1) is 22.6. The summed E-state index contributed by atoms with van der Waals surface area (Å²) < 4.78 is 11.3. The lowest BCUT2D eigenvalue weighted by atomic mass is 9.92. The maximum absolute atomic E-state index is 13.3. The van der Waals surface area contributed by atoms with Gasteiger partial charge in [0.15, 0.2) is 11.5 Å². The van der Waals surface area contributed by atoms with Crippen LogP contribution in [0.25, 0.3) is 6.08 Å². The number of carbonyl (C=O) groups is 2. The Morgan fingerprint density at radius 1 is 1.16 bits per heavy atom. The Hall–Kier alpha value is -3.07. The molecular weight excluding hydrogens is 392 g/mol. The smallest absolute Gasteiger partial charge is 0.271 e. The zero-order valence-corrected chi connectivity index (χ0v) is 18.6. The van der Waals surface area contributed by atoms with Crippen molar-refractivity contribution in [1.82, 2.24) is 4.90 Å². The molecule has 1 aliphatic carbocycles. The molecule has 164 valence electrons. The van der Waals surface area contributed by atoms with Crippen LogP contribution in [-0.2, 0) is 9.59 Å². The first-order valence-corrected chi connectivity index (χ1v) is 11.0. The van der Waals surface area contributed by atoms with Gasteiger partial charge in [0.25, 0.3) is 11.8 Å². The Bertz CT molecular complexity index is 949. The molecule has 6 heteroatoms. The van der Waals surface area contributed by atoms with Crippen molar-refractivity contribution in [1.29, 1.82) is 5.26 Å². The summed E-state index contributed by atoms with van der Waals surface area (Å²) in [5.74, 6) is 0.443. The Labute approximate surface area is 184 Å². The highest BCUT2D eigenvalue weighted by molar-refractivity contribution is 6.19. The van der Waals surface area contributed by atoms with Crippen molar-refractivity contribution in [3.8, 4) is 17.6 Å². The van der Waals surface area contributed by atoms with E-state index in [9.17, 15) is 14.9 Å². The summed E-state index contributed by atoms with van der Waals surface area (Å²) in [6.07, 6.45) is 8.50. The minimum atomic E-state index is -0.470. The molecule has 0 saturated heterocycles. The van der Waals surface area contributed by atoms with Gasteiger partial charge in [-0.3, -0.25) is 14.5 Å². The van der Waals surface area contributed by atoms with E-state index >= 15 is 0 Å². The molecule has 0 radical (unpaired) electrons. The van der Waals surface area contributed by atoms with E-state index < -0.39 is 5.91 Å². The second-order valence-electron chi connectivity index (χ2n) is 8.05. The SMILES string of the molecule is CCCCCOc1ccc(/C=C2/C(=O)N(C3CCCC3)C(=O)C(C#N)=C2C)cc1OC. The summed E-state index contributed by atoms with van der Waals surface area (Å²) >= 11 is 0. The molecule has 0 atom stereocenters. The Balaban J connectivity index is 1.93. The van der Waals surface area contributed by atoms with E-state index in [0.29, 0.717) is 29.3 Å². The zero-order chi connectivity index (χ0) is 22.4. The Morgan fingerprint density at radius 2 is 1.90 bits per heavy atom. The minimum absolute atomic E-state index is 0.0422. The minimum Gasteiger partial charge on any atom is -0.493 e. The average Bonchev–Trinajstić information content (AvgIpc) is 3.29. The van der Waals surface area contributed by atoms with Crippen LogP contribution in [0.1, 0.15) is 64.4 Å². The van der Waals surface area contributed by atoms with Crippen LogP contribution in [-0.4, -0.2) is 36.5 Å². The molecule has 1 saturated carbocycles. The third kappa shape index (κ3) is 4.82. The standard InChI is InChI=1S/C25H30N2O4/c1-4-5-8-13-31-22-12-11-18(15-23(22)30-3)14-20-17(2)21(16-26)25(29)27(24(20)28)19-9-6-7-10-19/h11-12,14-15,19H,4-10,13H2,1-3H3/b20-14+. The molecule has 0 aromatic heterocycles. The fourth-order valence-electron chi connectivity index (χ4n) is 4.19. The molecule has 31 heavy (non-hydrogen) atoms. The van der Waals surface area contributed by atoms with Crippen molar-refractivity contribution in [3.05, 3.63) is 40.5 Å². The quantitative estimate of drug-likeness (QED) is 0.342. The lowest BCUT2D eigenvalue weighted by Crippen LogP contribution is -2.47. The second kappa shape index (κ2) is 10.3. The molecule has 1 fully saturated rings. The van der Waals surface area contributed by atoms with Crippen molar-refractivity contribution in [2.45, 2.75) is 64.8 Å². The van der Waals surface area contributed by atoms with Gasteiger partial charge in [-0.2, -0.15) is 5.26 Å². The van der Waals surface area contributed by atoms with Crippen LogP contribution in [0.5, 0.6) is 11.5 Å². The number of ether oxygens (including phenoxy) is 2. The van der Waals surface area contributed by atoms with Crippen LogP contribution in [0.4, 0.5) is 0 Å². The number of benzene rings is 1. The number of rotatable bonds is 8. The van der Waals surface area contributed by atoms with Crippen molar-refractivity contribution in [2.24, 2.45) is 0 Å². The van der Waals surface area contributed by atoms with Crippen molar-refractivity contribution in [3.63, 3.8) is 0 Å². The van der Waals surface area contributed by atoms with Crippen molar-refractivity contribution >= 4 is 17.9 Å². The van der Waals surface area contributed by atoms with E-state index in [2.05, 4.69) is 6.92 Å². The highest BCUT2D eigenvalue weighted by Crippen LogP contribution is 2.34. The molecule has 0 unspecified atom stereocenters. The predicted molar refractivity (Wildman–Crippen MR) is 118 cm³/mol. The molecule has 1 aromatic rings. The normalized spacial score (nSPS) is 18.6. The Kier molecular flexibility index (Phi) is 7.51. The number of amides is 2. The third-order valence-corrected chi connectivity index (χ3v) is 5.97. The first-order valence-electron chi connectivity index (χ1n) is 11.0. The van der Waals surface area contributed by atoms with E-state index in [4.69, 9.17) is 9.47 Å². The van der Waals surface area contributed by atoms with Gasteiger partial charge in [-0.25, -0.2) is 0 Å². The Morgan fingerprint density at radius 3 is 2.55 bits per heavy atom. The van der Waals surface area contributed by atoms with Crippen LogP contribution in [0, 0.1) is 11.3 Å². The fraction of sp³-hybridized carbons (Fsp3) is 0.480. The highest BCUT2D eigenvalue weighted by atomic mass is 16.5. The largest absolute Gasteiger partial charge is 0.493 e. The molecule has 2 aliphatic rings. The topological polar surface area (TPSA) is 79.6 Å². The summed E-state index contributed by atoms with van der Waals surface area (Å²) in [4.78, 5) is 27.4. The van der Waals surface area contributed by atoms with Gasteiger partial charge in [0, 0.05) is 11.6 Å². The molecule has 0 N–H and O–H groups in total. The second-order valence-corrected chi connectivity index (χ2v) is 8.05. The molecule has 0 spiro atoms. The van der Waals surface area contributed by atoms with Gasteiger partial charge in [-0.1, -0.05) is 38.7 Å². The van der Waals surface area contributed by atoms with Gasteiger partial charge in [0.05, 0.1) is 13.7 Å². The van der Waals surface area contributed by atoms with E-state index in [0.717, 1.165) is 50.5 Å². The number of carbonyl (C=O) groups excluding carboxylic acids is 2. The summed E-state index contributed by atoms with van der Waals surface area (Å²) in [7, 11) is 1.58. The molecule has 1 heterocycles. The van der Waals surface area contributed by atoms with Gasteiger partial charge in [0.1, 0.15) is 11.6 Å². The summed E-state index contributed by atoms with van der Waals surface area (Å²) in [6.45, 7) is 4.43. The maximum Gasteiger partial charge on any atom is 0.271 e. The van der Waals surface area contributed by atoms with E-state index in [1.54, 1.807) is 20.1 Å². The van der Waals surface area contributed by atoms with E-state index in [1.807, 2.05) is 24.3 Å². The van der Waals surface area contributed by atoms with Crippen LogP contribution in [0.3, 0.4) is 0 Å². The van der Waals surface area contributed by atoms with Crippen LogP contribution in [0.2, 0.25) is 0 Å². The molecule has 1 aromatic carbocycles. The fourth-order valence-corrected chi connectivity index (χ4v) is 4.19. The molecule has 3 rings (SSSR count). The summed E-state index contributed by atoms with van der Waals surface area (Å²) in [5, 5.41) is 9.57. The van der Waals surface area contributed by atoms with Crippen molar-refractivity contribution in [2.75, 3.05) is 13.7 Å². The van der Waals surface area contributed by atoms with Gasteiger partial charge >= 0.3 is 0 Å². The van der Waals surface area contributed by atoms with Gasteiger partial charge in [-0.05, 0) is 55.5 Å². The van der Waals surface area contributed by atoms with Crippen LogP contribution < -0.4 is 9.47 Å². The molecule has 1 aliphatic heterocycles. The van der Waals surface area contributed by atoms with Gasteiger partial charge < -0.3 is 9.47 Å². The van der Waals surface area contributed by atoms with Crippen LogP contribution >= 0.6 is 0 Å². The van der Waals surface area contributed by atoms with E-state index in [-0.39, 0.29) is 17.5 Å². The third-order valence-electron chi connectivity index (χ3n) is 5.97. The zero-order valence-electron chi connectivity index (χ0n) is 18.6. The molecule has 0 bridgehead atoms.